The van der Waals surface area contributed by atoms with Crippen molar-refractivity contribution in [3.8, 4) is 6.01 Å². The highest BCUT2D eigenvalue weighted by Gasteiger charge is 2.42. The second-order valence-corrected chi connectivity index (χ2v) is 8.37. The maximum absolute atomic E-state index is 14.5. The van der Waals surface area contributed by atoms with E-state index in [0.29, 0.717) is 12.8 Å². The van der Waals surface area contributed by atoms with Crippen LogP contribution in [0.1, 0.15) is 25.7 Å². The van der Waals surface area contributed by atoms with Crippen LogP contribution in [0.15, 0.2) is 26.2 Å². The molecule has 0 saturated heterocycles. The second-order valence-electron chi connectivity index (χ2n) is 6.72. The number of rotatable bonds is 4. The summed E-state index contributed by atoms with van der Waals surface area (Å²) in [6, 6.07) is 2.01. The van der Waals surface area contributed by atoms with Crippen LogP contribution in [-0.2, 0) is 17.1 Å². The molecule has 1 aromatic carbocycles. The number of halogens is 1. The fourth-order valence-corrected chi connectivity index (χ4v) is 4.32. The van der Waals surface area contributed by atoms with Gasteiger partial charge in [0, 0.05) is 25.6 Å². The summed E-state index contributed by atoms with van der Waals surface area (Å²) in [6.45, 7) is 3.31. The predicted molar refractivity (Wildman–Crippen MR) is 89.0 cm³/mol. The molecule has 0 radical (unpaired) electrons. The van der Waals surface area contributed by atoms with E-state index in [1.807, 2.05) is 0 Å². The van der Waals surface area contributed by atoms with E-state index in [9.17, 15) is 17.6 Å². The van der Waals surface area contributed by atoms with Crippen molar-refractivity contribution in [2.45, 2.75) is 37.1 Å². The average Bonchev–Trinajstić information content (AvgIpc) is 3.01. The number of benzene rings is 1. The Bertz CT molecular complexity index is 1200. The summed E-state index contributed by atoms with van der Waals surface area (Å²) in [5.74, 6) is -0.703. The maximum Gasteiger partial charge on any atom is 0.337 e. The van der Waals surface area contributed by atoms with Gasteiger partial charge in [0.1, 0.15) is 10.7 Å². The highest BCUT2D eigenvalue weighted by Crippen LogP contribution is 2.36. The highest BCUT2D eigenvalue weighted by molar-refractivity contribution is 7.89. The molecule has 1 aliphatic rings. The fraction of sp³-hybridized carbons (Fsp3) is 0.400. The van der Waals surface area contributed by atoms with Crippen LogP contribution in [0.5, 0.6) is 0 Å². The Hall–Kier alpha value is -2.53. The summed E-state index contributed by atoms with van der Waals surface area (Å²) in [5, 5.41) is 7.47. The first-order valence-electron chi connectivity index (χ1n) is 7.87. The van der Waals surface area contributed by atoms with Gasteiger partial charge < -0.3 is 4.42 Å². The quantitative estimate of drug-likeness (QED) is 0.721. The van der Waals surface area contributed by atoms with Gasteiger partial charge in [-0.05, 0) is 25.8 Å². The van der Waals surface area contributed by atoms with Crippen LogP contribution in [0.25, 0.3) is 17.0 Å². The van der Waals surface area contributed by atoms with Gasteiger partial charge in [0.2, 0.25) is 15.9 Å². The van der Waals surface area contributed by atoms with Gasteiger partial charge in [0.15, 0.2) is 0 Å². The molecule has 1 N–H and O–H groups in total. The average molecular weight is 381 g/mol. The molecule has 0 unspecified atom stereocenters. The molecule has 1 fully saturated rings. The highest BCUT2D eigenvalue weighted by atomic mass is 32.2. The zero-order valence-corrected chi connectivity index (χ0v) is 15.1. The van der Waals surface area contributed by atoms with E-state index in [-0.39, 0.29) is 22.9 Å². The largest absolute Gasteiger partial charge is 0.408 e. The molecule has 1 aliphatic carbocycles. The topological polar surface area (TPSA) is 112 Å². The third kappa shape index (κ3) is 2.54. The van der Waals surface area contributed by atoms with Gasteiger partial charge in [-0.1, -0.05) is 5.10 Å². The first kappa shape index (κ1) is 16.9. The Kier molecular flexibility index (Phi) is 3.41. The number of nitrogens with one attached hydrogen (secondary N) is 1. The van der Waals surface area contributed by atoms with Crippen molar-refractivity contribution < 1.29 is 17.2 Å². The van der Waals surface area contributed by atoms with Gasteiger partial charge in [-0.25, -0.2) is 26.9 Å². The number of hydrogen-bond acceptors (Lipinski definition) is 6. The molecule has 0 bridgehead atoms. The Morgan fingerprint density at radius 3 is 2.54 bits per heavy atom. The molecular weight excluding hydrogens is 365 g/mol. The second kappa shape index (κ2) is 5.24. The molecule has 4 rings (SSSR count). The number of nitrogens with zero attached hydrogens (tertiary/aromatic N) is 4. The summed E-state index contributed by atoms with van der Waals surface area (Å²) in [5.41, 5.74) is -0.747. The molecular formula is C15H16FN5O4S. The van der Waals surface area contributed by atoms with E-state index in [4.69, 9.17) is 4.42 Å². The molecule has 9 nitrogen and oxygen atoms in total. The summed E-state index contributed by atoms with van der Waals surface area (Å²) in [4.78, 5) is 12.0. The lowest BCUT2D eigenvalue weighted by Crippen LogP contribution is -2.34. The smallest absolute Gasteiger partial charge is 0.337 e. The Balaban J connectivity index is 1.97. The van der Waals surface area contributed by atoms with Crippen molar-refractivity contribution in [1.82, 2.24) is 24.1 Å². The summed E-state index contributed by atoms with van der Waals surface area (Å²) >= 11 is 0. The summed E-state index contributed by atoms with van der Waals surface area (Å²) in [6.07, 6.45) is 1.38. The lowest BCUT2D eigenvalue weighted by Gasteiger charge is -2.13. The van der Waals surface area contributed by atoms with Crippen molar-refractivity contribution in [1.29, 1.82) is 0 Å². The third-order valence-electron chi connectivity index (χ3n) is 4.49. The van der Waals surface area contributed by atoms with Crippen molar-refractivity contribution in [3.63, 3.8) is 0 Å². The van der Waals surface area contributed by atoms with E-state index in [2.05, 4.69) is 14.9 Å². The molecule has 0 aliphatic heterocycles. The lowest BCUT2D eigenvalue weighted by molar-refractivity contribution is 0.493. The summed E-state index contributed by atoms with van der Waals surface area (Å²) < 4.78 is 49.8. The standard InChI is InChI=1S/C15H16FN5O4S/c1-8-17-18-13(25-8)21-11-7-12(26(23,24)19-15(2)4-5-15)9(16)6-10(11)20(3)14(21)22/h6-7,19H,4-5H2,1-3H3. The molecule has 0 atom stereocenters. The minimum absolute atomic E-state index is 0.116. The number of aryl methyl sites for hydroxylation is 2. The van der Waals surface area contributed by atoms with Gasteiger partial charge in [-0.15, -0.1) is 5.10 Å². The van der Waals surface area contributed by atoms with Crippen LogP contribution >= 0.6 is 0 Å². The normalized spacial score (nSPS) is 16.3. The van der Waals surface area contributed by atoms with Gasteiger partial charge in [-0.2, -0.15) is 0 Å². The van der Waals surface area contributed by atoms with E-state index >= 15 is 0 Å². The molecule has 3 aromatic rings. The first-order valence-corrected chi connectivity index (χ1v) is 9.35. The van der Waals surface area contributed by atoms with Crippen LogP contribution in [0.3, 0.4) is 0 Å². The van der Waals surface area contributed by atoms with Crippen LogP contribution in [0, 0.1) is 12.7 Å². The minimum Gasteiger partial charge on any atom is -0.408 e. The fourth-order valence-electron chi connectivity index (χ4n) is 2.77. The van der Waals surface area contributed by atoms with Crippen molar-refractivity contribution in [2.75, 3.05) is 0 Å². The number of imidazole rings is 1. The predicted octanol–water partition coefficient (Wildman–Crippen LogP) is 0.991. The number of sulfonamides is 1. The molecule has 138 valence electrons. The third-order valence-corrected chi connectivity index (χ3v) is 6.14. The van der Waals surface area contributed by atoms with Gasteiger partial charge in [0.05, 0.1) is 11.0 Å². The molecule has 26 heavy (non-hydrogen) atoms. The molecule has 2 aromatic heterocycles. The minimum atomic E-state index is -4.09. The van der Waals surface area contributed by atoms with Gasteiger partial charge in [0.25, 0.3) is 0 Å². The van der Waals surface area contributed by atoms with Gasteiger partial charge >= 0.3 is 11.7 Å². The van der Waals surface area contributed by atoms with E-state index < -0.39 is 32.0 Å². The van der Waals surface area contributed by atoms with Gasteiger partial charge in [-0.3, -0.25) is 4.57 Å². The maximum atomic E-state index is 14.5. The number of aromatic nitrogens is 4. The SMILES string of the molecule is Cc1nnc(-n2c(=O)n(C)c3cc(F)c(S(=O)(=O)NC4(C)CC4)cc32)o1. The van der Waals surface area contributed by atoms with Crippen LogP contribution < -0.4 is 10.4 Å². The van der Waals surface area contributed by atoms with Crippen LogP contribution in [0.2, 0.25) is 0 Å². The molecule has 0 amide bonds. The van der Waals surface area contributed by atoms with Crippen molar-refractivity contribution in [2.24, 2.45) is 7.05 Å². The van der Waals surface area contributed by atoms with Crippen LogP contribution in [0.4, 0.5) is 4.39 Å². The van der Waals surface area contributed by atoms with E-state index in [0.717, 1.165) is 16.7 Å². The number of fused-ring (bicyclic) bond motifs is 1. The first-order chi connectivity index (χ1) is 12.1. The van der Waals surface area contributed by atoms with Crippen molar-refractivity contribution in [3.05, 3.63) is 34.3 Å². The van der Waals surface area contributed by atoms with Crippen molar-refractivity contribution >= 4 is 21.1 Å². The summed E-state index contributed by atoms with van der Waals surface area (Å²) in [7, 11) is -2.65. The Morgan fingerprint density at radius 1 is 1.27 bits per heavy atom. The molecule has 11 heteroatoms. The zero-order chi connectivity index (χ0) is 18.9. The lowest BCUT2D eigenvalue weighted by atomic mass is 10.3. The molecule has 0 spiro atoms. The molecule has 1 saturated carbocycles. The number of hydrogen-bond donors (Lipinski definition) is 1. The Labute approximate surface area is 147 Å². The van der Waals surface area contributed by atoms with E-state index in [1.54, 1.807) is 13.8 Å². The van der Waals surface area contributed by atoms with Crippen LogP contribution in [-0.4, -0.2) is 33.3 Å². The monoisotopic (exact) mass is 381 g/mol. The van der Waals surface area contributed by atoms with E-state index in [1.165, 1.54) is 11.6 Å². The molecule has 2 heterocycles. The Morgan fingerprint density at radius 2 is 1.96 bits per heavy atom. The zero-order valence-electron chi connectivity index (χ0n) is 14.3.